The van der Waals surface area contributed by atoms with E-state index in [1.54, 1.807) is 12.3 Å². The van der Waals surface area contributed by atoms with E-state index >= 15 is 0 Å². The van der Waals surface area contributed by atoms with Gasteiger partial charge in [0.2, 0.25) is 0 Å². The standard InChI is InChI=1S/C25H22F3N3O3/c26-15-4-2-5-16(27)23(15)24-17(28)7-8-18(30-24)25(33)31-19-12-29-10-9-13(19)22-11-20(32)14-3-1-6-21(14)34-22/h2,4-5,7-10,12,14,20-22,32H,1,3,6,11H2,(H,31,33). The maximum Gasteiger partial charge on any atom is 0.274 e. The number of aromatic nitrogens is 2. The van der Waals surface area contributed by atoms with Crippen molar-refractivity contribution in [3.63, 3.8) is 0 Å². The van der Waals surface area contributed by atoms with Gasteiger partial charge < -0.3 is 15.2 Å². The highest BCUT2D eigenvalue weighted by Crippen LogP contribution is 2.43. The van der Waals surface area contributed by atoms with E-state index in [-0.39, 0.29) is 17.7 Å². The molecule has 2 N–H and O–H groups in total. The van der Waals surface area contributed by atoms with Crippen molar-refractivity contribution < 1.29 is 27.8 Å². The quantitative estimate of drug-likeness (QED) is 0.573. The van der Waals surface area contributed by atoms with Crippen molar-refractivity contribution in [1.82, 2.24) is 9.97 Å². The Kier molecular flexibility index (Phi) is 6.05. The molecule has 34 heavy (non-hydrogen) atoms. The minimum Gasteiger partial charge on any atom is -0.393 e. The normalized spacial score (nSPS) is 24.0. The monoisotopic (exact) mass is 469 g/mol. The van der Waals surface area contributed by atoms with Crippen molar-refractivity contribution in [1.29, 1.82) is 0 Å². The molecule has 4 atom stereocenters. The molecule has 1 saturated carbocycles. The molecule has 176 valence electrons. The molecule has 0 radical (unpaired) electrons. The largest absolute Gasteiger partial charge is 0.393 e. The predicted molar refractivity (Wildman–Crippen MR) is 117 cm³/mol. The molecular weight excluding hydrogens is 447 g/mol. The molecule has 0 spiro atoms. The Labute approximate surface area is 193 Å². The summed E-state index contributed by atoms with van der Waals surface area (Å²) in [5.74, 6) is -3.52. The highest BCUT2D eigenvalue weighted by atomic mass is 19.1. The molecule has 4 unspecified atom stereocenters. The fourth-order valence-electron chi connectivity index (χ4n) is 4.87. The van der Waals surface area contributed by atoms with Crippen LogP contribution in [0, 0.1) is 23.4 Å². The zero-order valence-electron chi connectivity index (χ0n) is 18.0. The van der Waals surface area contributed by atoms with Crippen molar-refractivity contribution >= 4 is 11.6 Å². The van der Waals surface area contributed by atoms with E-state index in [0.29, 0.717) is 17.7 Å². The Morgan fingerprint density at radius 3 is 2.65 bits per heavy atom. The van der Waals surface area contributed by atoms with Crippen molar-refractivity contribution in [3.8, 4) is 11.3 Å². The number of pyridine rings is 2. The summed E-state index contributed by atoms with van der Waals surface area (Å²) in [5.41, 5.74) is -0.469. The Morgan fingerprint density at radius 1 is 1.06 bits per heavy atom. The lowest BCUT2D eigenvalue weighted by molar-refractivity contribution is -0.125. The third-order valence-corrected chi connectivity index (χ3v) is 6.52. The number of aliphatic hydroxyl groups is 1. The third-order valence-electron chi connectivity index (χ3n) is 6.52. The Hall–Kier alpha value is -3.30. The van der Waals surface area contributed by atoms with Gasteiger partial charge in [-0.3, -0.25) is 9.78 Å². The zero-order chi connectivity index (χ0) is 23.8. The summed E-state index contributed by atoms with van der Waals surface area (Å²) in [6.45, 7) is 0. The third kappa shape index (κ3) is 4.17. The number of hydrogen-bond acceptors (Lipinski definition) is 5. The Balaban J connectivity index is 1.42. The maximum absolute atomic E-state index is 14.4. The zero-order valence-corrected chi connectivity index (χ0v) is 18.0. The second-order valence-corrected chi connectivity index (χ2v) is 8.60. The highest BCUT2D eigenvalue weighted by molar-refractivity contribution is 6.03. The number of amides is 1. The highest BCUT2D eigenvalue weighted by Gasteiger charge is 2.41. The van der Waals surface area contributed by atoms with E-state index in [2.05, 4.69) is 15.3 Å². The van der Waals surface area contributed by atoms with Crippen molar-refractivity contribution in [2.24, 2.45) is 5.92 Å². The number of rotatable bonds is 4. The average molecular weight is 469 g/mol. The molecular formula is C25H22F3N3O3. The molecule has 1 aromatic carbocycles. The van der Waals surface area contributed by atoms with Gasteiger partial charge in [0.1, 0.15) is 28.8 Å². The van der Waals surface area contributed by atoms with E-state index in [4.69, 9.17) is 4.74 Å². The summed E-state index contributed by atoms with van der Waals surface area (Å²) in [5, 5.41) is 13.3. The minimum atomic E-state index is -0.989. The second-order valence-electron chi connectivity index (χ2n) is 8.60. The van der Waals surface area contributed by atoms with Gasteiger partial charge in [0.05, 0.1) is 35.8 Å². The van der Waals surface area contributed by atoms with Crippen LogP contribution >= 0.6 is 0 Å². The van der Waals surface area contributed by atoms with Crippen LogP contribution in [0.25, 0.3) is 11.3 Å². The van der Waals surface area contributed by atoms with Gasteiger partial charge in [-0.1, -0.05) is 12.5 Å². The molecule has 1 amide bonds. The van der Waals surface area contributed by atoms with E-state index in [1.807, 2.05) is 0 Å². The van der Waals surface area contributed by atoms with Gasteiger partial charge in [0.15, 0.2) is 0 Å². The average Bonchev–Trinajstić information content (AvgIpc) is 3.30. The van der Waals surface area contributed by atoms with Crippen molar-refractivity contribution in [2.75, 3.05) is 5.32 Å². The fraction of sp³-hybridized carbons (Fsp3) is 0.320. The first-order valence-electron chi connectivity index (χ1n) is 11.1. The lowest BCUT2D eigenvalue weighted by atomic mass is 9.88. The SMILES string of the molecule is O=C(Nc1cnccc1C1CC(O)C2CCCC2O1)c1ccc(F)c(-c2c(F)cccc2F)n1. The maximum atomic E-state index is 14.4. The van der Waals surface area contributed by atoms with Gasteiger partial charge in [-0.15, -0.1) is 0 Å². The molecule has 0 bridgehead atoms. The summed E-state index contributed by atoms with van der Waals surface area (Å²) in [6.07, 6.45) is 5.24. The van der Waals surface area contributed by atoms with Crippen LogP contribution in [0.5, 0.6) is 0 Å². The van der Waals surface area contributed by atoms with E-state index < -0.39 is 46.8 Å². The van der Waals surface area contributed by atoms with Gasteiger partial charge in [-0.2, -0.15) is 0 Å². The van der Waals surface area contributed by atoms with Crippen LogP contribution in [0.1, 0.15) is 47.8 Å². The van der Waals surface area contributed by atoms with Gasteiger partial charge in [0.25, 0.3) is 5.91 Å². The number of fused-ring (bicyclic) bond motifs is 1. The van der Waals surface area contributed by atoms with Crippen LogP contribution in [0.2, 0.25) is 0 Å². The number of carbonyl (C=O) groups is 1. The van der Waals surface area contributed by atoms with Crippen molar-refractivity contribution in [2.45, 2.75) is 44.0 Å². The second kappa shape index (κ2) is 9.15. The lowest BCUT2D eigenvalue weighted by Gasteiger charge is -2.37. The molecule has 2 fully saturated rings. The summed E-state index contributed by atoms with van der Waals surface area (Å²) in [4.78, 5) is 20.9. The van der Waals surface area contributed by atoms with Crippen LogP contribution in [0.4, 0.5) is 18.9 Å². The van der Waals surface area contributed by atoms with Crippen LogP contribution in [0.3, 0.4) is 0 Å². The first-order chi connectivity index (χ1) is 16.4. The van der Waals surface area contributed by atoms with Gasteiger partial charge >= 0.3 is 0 Å². The molecule has 1 aliphatic carbocycles. The van der Waals surface area contributed by atoms with Gasteiger partial charge in [-0.25, -0.2) is 18.2 Å². The Morgan fingerprint density at radius 2 is 1.85 bits per heavy atom. The smallest absolute Gasteiger partial charge is 0.274 e. The number of nitrogens with one attached hydrogen (secondary N) is 1. The molecule has 3 heterocycles. The number of ether oxygens (including phenoxy) is 1. The van der Waals surface area contributed by atoms with E-state index in [1.165, 1.54) is 6.20 Å². The first-order valence-corrected chi connectivity index (χ1v) is 11.1. The molecule has 1 saturated heterocycles. The molecule has 2 aliphatic rings. The predicted octanol–water partition coefficient (Wildman–Crippen LogP) is 4.80. The first kappa shape index (κ1) is 22.5. The number of aliphatic hydroxyl groups excluding tert-OH is 1. The Bertz CT molecular complexity index is 1220. The fourth-order valence-corrected chi connectivity index (χ4v) is 4.87. The number of carbonyl (C=O) groups excluding carboxylic acids is 1. The van der Waals surface area contributed by atoms with E-state index in [9.17, 15) is 23.1 Å². The topological polar surface area (TPSA) is 84.3 Å². The number of nitrogens with zero attached hydrogens (tertiary/aromatic N) is 2. The summed E-state index contributed by atoms with van der Waals surface area (Å²) in [7, 11) is 0. The molecule has 5 rings (SSSR count). The number of benzene rings is 1. The van der Waals surface area contributed by atoms with Crippen LogP contribution < -0.4 is 5.32 Å². The number of halogens is 3. The molecule has 6 nitrogen and oxygen atoms in total. The minimum absolute atomic E-state index is 0.0394. The van der Waals surface area contributed by atoms with Crippen LogP contribution in [-0.2, 0) is 4.74 Å². The molecule has 1 aliphatic heterocycles. The van der Waals surface area contributed by atoms with Crippen molar-refractivity contribution in [3.05, 3.63) is 77.5 Å². The van der Waals surface area contributed by atoms with Gasteiger partial charge in [-0.05, 0) is 43.2 Å². The molecule has 2 aromatic heterocycles. The molecule has 3 aromatic rings. The van der Waals surface area contributed by atoms with Crippen LogP contribution in [-0.4, -0.2) is 33.2 Å². The lowest BCUT2D eigenvalue weighted by Crippen LogP contribution is -2.38. The van der Waals surface area contributed by atoms with E-state index in [0.717, 1.165) is 49.6 Å². The van der Waals surface area contributed by atoms with Gasteiger partial charge in [0, 0.05) is 24.1 Å². The summed E-state index contributed by atoms with van der Waals surface area (Å²) >= 11 is 0. The van der Waals surface area contributed by atoms with Crippen LogP contribution in [0.15, 0.2) is 48.8 Å². The number of hydrogen-bond donors (Lipinski definition) is 2. The summed E-state index contributed by atoms with van der Waals surface area (Å²) < 4.78 is 49.0. The summed E-state index contributed by atoms with van der Waals surface area (Å²) in [6, 6.07) is 6.91. The molecule has 9 heteroatoms. The number of anilines is 1.